The van der Waals surface area contributed by atoms with Crippen molar-refractivity contribution in [3.05, 3.63) is 0 Å². The maximum absolute atomic E-state index is 10.7. The number of rotatable bonds is 4. The summed E-state index contributed by atoms with van der Waals surface area (Å²) in [5.41, 5.74) is -0.114. The van der Waals surface area contributed by atoms with Crippen LogP contribution >= 0.6 is 0 Å². The molecule has 5 nitrogen and oxygen atoms in total. The quantitative estimate of drug-likeness (QED) is 0.709. The molecule has 6 heteroatoms. The number of ether oxygens (including phenoxy) is 1. The summed E-state index contributed by atoms with van der Waals surface area (Å²) in [6.07, 6.45) is 1.83. The predicted octanol–water partition coefficient (Wildman–Crippen LogP) is -0.178. The van der Waals surface area contributed by atoms with Gasteiger partial charge in [-0.25, -0.2) is 13.6 Å². The van der Waals surface area contributed by atoms with Crippen molar-refractivity contribution in [3.8, 4) is 0 Å². The Hall–Kier alpha value is -0.170. The Bertz CT molecular complexity index is 300. The Balaban J connectivity index is 2.28. The molecule has 90 valence electrons. The smallest absolute Gasteiger partial charge is 0.210 e. The molecule has 0 amide bonds. The number of sulfonamides is 1. The van der Waals surface area contributed by atoms with Crippen molar-refractivity contribution in [1.82, 2.24) is 5.32 Å². The molecule has 1 unspecified atom stereocenters. The predicted molar refractivity (Wildman–Crippen MR) is 59.0 cm³/mol. The lowest BCUT2D eigenvalue weighted by atomic mass is 9.94. The summed E-state index contributed by atoms with van der Waals surface area (Å²) in [5, 5.41) is 8.11. The van der Waals surface area contributed by atoms with E-state index in [-0.39, 0.29) is 11.4 Å². The fourth-order valence-electron chi connectivity index (χ4n) is 1.81. The first-order chi connectivity index (χ1) is 6.79. The molecule has 3 N–H and O–H groups in total. The van der Waals surface area contributed by atoms with Gasteiger partial charge < -0.3 is 10.1 Å². The summed E-state index contributed by atoms with van der Waals surface area (Å²) < 4.78 is 27.0. The van der Waals surface area contributed by atoms with Crippen LogP contribution in [0.3, 0.4) is 0 Å². The van der Waals surface area contributed by atoms with Gasteiger partial charge in [-0.05, 0) is 26.7 Å². The molecule has 0 aromatic heterocycles. The Morgan fingerprint density at radius 2 is 2.20 bits per heavy atom. The van der Waals surface area contributed by atoms with Crippen LogP contribution in [0.25, 0.3) is 0 Å². The molecule has 0 radical (unpaired) electrons. The lowest BCUT2D eigenvalue weighted by Gasteiger charge is -2.35. The molecule has 1 aliphatic rings. The molecule has 0 bridgehead atoms. The zero-order chi connectivity index (χ0) is 11.5. The van der Waals surface area contributed by atoms with Gasteiger partial charge in [0.2, 0.25) is 10.0 Å². The van der Waals surface area contributed by atoms with Gasteiger partial charge in [0.25, 0.3) is 0 Å². The molecule has 0 aliphatic carbocycles. The van der Waals surface area contributed by atoms with Crippen LogP contribution in [-0.2, 0) is 14.8 Å². The van der Waals surface area contributed by atoms with E-state index in [1.165, 1.54) is 0 Å². The Morgan fingerprint density at radius 1 is 1.53 bits per heavy atom. The van der Waals surface area contributed by atoms with Crippen LogP contribution in [-0.4, -0.2) is 39.0 Å². The van der Waals surface area contributed by atoms with Gasteiger partial charge >= 0.3 is 0 Å². The largest absolute Gasteiger partial charge is 0.375 e. The Kier molecular flexibility index (Phi) is 4.11. The number of hydrogen-bond acceptors (Lipinski definition) is 4. The van der Waals surface area contributed by atoms with Gasteiger partial charge in [-0.1, -0.05) is 0 Å². The molecule has 1 fully saturated rings. The van der Waals surface area contributed by atoms with Gasteiger partial charge in [-0.15, -0.1) is 0 Å². The van der Waals surface area contributed by atoms with Crippen LogP contribution in [0, 0.1) is 0 Å². The van der Waals surface area contributed by atoms with E-state index in [1.807, 2.05) is 13.8 Å². The normalized spacial score (nSPS) is 26.5. The molecule has 1 atom stereocenters. The molecule has 0 saturated carbocycles. The fourth-order valence-corrected chi connectivity index (χ4v) is 2.21. The van der Waals surface area contributed by atoms with Crippen molar-refractivity contribution in [2.45, 2.75) is 38.3 Å². The molecule has 1 aliphatic heterocycles. The van der Waals surface area contributed by atoms with E-state index in [2.05, 4.69) is 5.32 Å². The molecule has 1 saturated heterocycles. The van der Waals surface area contributed by atoms with Crippen LogP contribution in [0.2, 0.25) is 0 Å². The maximum Gasteiger partial charge on any atom is 0.210 e. The first-order valence-electron chi connectivity index (χ1n) is 5.16. The Labute approximate surface area is 91.4 Å². The van der Waals surface area contributed by atoms with Gasteiger partial charge in [0, 0.05) is 19.2 Å². The van der Waals surface area contributed by atoms with Crippen molar-refractivity contribution in [3.63, 3.8) is 0 Å². The van der Waals surface area contributed by atoms with Gasteiger partial charge in [0.15, 0.2) is 0 Å². The standard InChI is InChI=1S/C9H20N2O3S/c1-9(2)7-8(3-5-14-9)11-4-6-15(10,12)13/h8,11H,3-7H2,1-2H3,(H2,10,12,13). The summed E-state index contributed by atoms with van der Waals surface area (Å²) in [5.74, 6) is -0.00914. The van der Waals surface area contributed by atoms with Crippen molar-refractivity contribution in [2.75, 3.05) is 18.9 Å². The van der Waals surface area contributed by atoms with Crippen molar-refractivity contribution in [1.29, 1.82) is 0 Å². The highest BCUT2D eigenvalue weighted by molar-refractivity contribution is 7.89. The zero-order valence-corrected chi connectivity index (χ0v) is 10.1. The highest BCUT2D eigenvalue weighted by atomic mass is 32.2. The molecule has 15 heavy (non-hydrogen) atoms. The second-order valence-electron chi connectivity index (χ2n) is 4.62. The first kappa shape index (κ1) is 12.9. The highest BCUT2D eigenvalue weighted by Gasteiger charge is 2.28. The molecule has 0 aromatic rings. The van der Waals surface area contributed by atoms with E-state index in [0.29, 0.717) is 12.6 Å². The lowest BCUT2D eigenvalue weighted by molar-refractivity contribution is -0.0625. The maximum atomic E-state index is 10.7. The monoisotopic (exact) mass is 236 g/mol. The fraction of sp³-hybridized carbons (Fsp3) is 1.00. The van der Waals surface area contributed by atoms with Crippen molar-refractivity contribution >= 4 is 10.0 Å². The van der Waals surface area contributed by atoms with Crippen molar-refractivity contribution < 1.29 is 13.2 Å². The molecule has 0 spiro atoms. The van der Waals surface area contributed by atoms with E-state index in [0.717, 1.165) is 19.4 Å². The molecule has 1 rings (SSSR count). The van der Waals surface area contributed by atoms with E-state index in [4.69, 9.17) is 9.88 Å². The molecule has 1 heterocycles. The van der Waals surface area contributed by atoms with Crippen LogP contribution in [0.15, 0.2) is 0 Å². The van der Waals surface area contributed by atoms with Gasteiger partial charge in [-0.2, -0.15) is 0 Å². The summed E-state index contributed by atoms with van der Waals surface area (Å²) in [6, 6.07) is 0.329. The number of nitrogens with one attached hydrogen (secondary N) is 1. The van der Waals surface area contributed by atoms with E-state index < -0.39 is 10.0 Å². The third-order valence-corrected chi connectivity index (χ3v) is 3.29. The second kappa shape index (κ2) is 4.78. The van der Waals surface area contributed by atoms with Crippen LogP contribution < -0.4 is 10.5 Å². The minimum Gasteiger partial charge on any atom is -0.375 e. The van der Waals surface area contributed by atoms with Crippen LogP contribution in [0.5, 0.6) is 0 Å². The third kappa shape index (κ3) is 5.46. The average Bonchev–Trinajstić information content (AvgIpc) is 1.99. The number of nitrogens with two attached hydrogens (primary N) is 1. The minimum atomic E-state index is -3.35. The summed E-state index contributed by atoms with van der Waals surface area (Å²) in [6.45, 7) is 5.22. The first-order valence-corrected chi connectivity index (χ1v) is 6.88. The van der Waals surface area contributed by atoms with E-state index in [1.54, 1.807) is 0 Å². The van der Waals surface area contributed by atoms with Gasteiger partial charge in [-0.3, -0.25) is 0 Å². The Morgan fingerprint density at radius 3 is 2.73 bits per heavy atom. The molecular formula is C9H20N2O3S. The summed E-state index contributed by atoms with van der Waals surface area (Å²) in [7, 11) is -3.35. The SMILES string of the molecule is CC1(C)CC(NCCS(N)(=O)=O)CCO1. The van der Waals surface area contributed by atoms with Crippen LogP contribution in [0.1, 0.15) is 26.7 Å². The second-order valence-corrected chi connectivity index (χ2v) is 6.35. The summed E-state index contributed by atoms with van der Waals surface area (Å²) >= 11 is 0. The summed E-state index contributed by atoms with van der Waals surface area (Å²) in [4.78, 5) is 0. The van der Waals surface area contributed by atoms with Gasteiger partial charge in [0.05, 0.1) is 11.4 Å². The zero-order valence-electron chi connectivity index (χ0n) is 9.32. The van der Waals surface area contributed by atoms with E-state index in [9.17, 15) is 8.42 Å². The van der Waals surface area contributed by atoms with E-state index >= 15 is 0 Å². The molecular weight excluding hydrogens is 216 g/mol. The number of primary sulfonamides is 1. The van der Waals surface area contributed by atoms with Crippen molar-refractivity contribution in [2.24, 2.45) is 5.14 Å². The van der Waals surface area contributed by atoms with Gasteiger partial charge in [0.1, 0.15) is 0 Å². The lowest BCUT2D eigenvalue weighted by Crippen LogP contribution is -2.45. The van der Waals surface area contributed by atoms with Crippen LogP contribution in [0.4, 0.5) is 0 Å². The topological polar surface area (TPSA) is 81.4 Å². The third-order valence-electron chi connectivity index (χ3n) is 2.52. The highest BCUT2D eigenvalue weighted by Crippen LogP contribution is 2.23. The molecule has 0 aromatic carbocycles. The minimum absolute atomic E-state index is 0.00914. The average molecular weight is 236 g/mol. The number of hydrogen-bond donors (Lipinski definition) is 2.